The molecule has 0 saturated heterocycles. The number of aromatic nitrogens is 1. The summed E-state index contributed by atoms with van der Waals surface area (Å²) in [7, 11) is 4.77. The van der Waals surface area contributed by atoms with Crippen molar-refractivity contribution in [3.05, 3.63) is 99.3 Å². The third-order valence-corrected chi connectivity index (χ3v) is 6.53. The third-order valence-electron chi connectivity index (χ3n) is 6.53. The Labute approximate surface area is 202 Å². The second-order valence-electron chi connectivity index (χ2n) is 8.43. The Hall–Kier alpha value is -4.26. The van der Waals surface area contributed by atoms with Crippen LogP contribution in [0, 0.1) is 0 Å². The van der Waals surface area contributed by atoms with E-state index in [0.717, 1.165) is 16.5 Å². The molecule has 1 atom stereocenters. The lowest BCUT2D eigenvalue weighted by molar-refractivity contribution is 0.0693. The van der Waals surface area contributed by atoms with Crippen molar-refractivity contribution in [2.45, 2.75) is 12.5 Å². The first-order valence-electron chi connectivity index (χ1n) is 11.4. The molecule has 5 rings (SSSR count). The Balaban J connectivity index is 1.74. The molecule has 0 fully saturated rings. The molecule has 0 spiro atoms. The average molecular weight is 471 g/mol. The van der Waals surface area contributed by atoms with Crippen LogP contribution in [0.15, 0.2) is 71.5 Å². The van der Waals surface area contributed by atoms with Crippen molar-refractivity contribution in [1.29, 1.82) is 0 Å². The molecule has 0 bridgehead atoms. The maximum atomic E-state index is 13.7. The van der Waals surface area contributed by atoms with Gasteiger partial charge in [0.2, 0.25) is 0 Å². The van der Waals surface area contributed by atoms with Crippen LogP contribution in [-0.4, -0.2) is 43.7 Å². The van der Waals surface area contributed by atoms with Crippen molar-refractivity contribution in [3.63, 3.8) is 0 Å². The minimum atomic E-state index is -0.606. The van der Waals surface area contributed by atoms with E-state index in [-0.39, 0.29) is 11.5 Å². The highest BCUT2D eigenvalue weighted by atomic mass is 16.5. The van der Waals surface area contributed by atoms with Gasteiger partial charge in [-0.25, -0.2) is 0 Å². The molecule has 0 radical (unpaired) electrons. The number of H-pyrrole nitrogens is 1. The van der Waals surface area contributed by atoms with E-state index in [9.17, 15) is 9.59 Å². The molecule has 1 aliphatic heterocycles. The first-order valence-corrected chi connectivity index (χ1v) is 11.4. The SMILES string of the molecule is COc1ccc2[nH]c(=O)c([C@@H]3c4cc(OC)c(OC)cc4CCN3C(=O)c3ccccc3)cc2c1. The van der Waals surface area contributed by atoms with Crippen LogP contribution in [0.5, 0.6) is 17.2 Å². The van der Waals surface area contributed by atoms with Gasteiger partial charge in [0.15, 0.2) is 11.5 Å². The minimum Gasteiger partial charge on any atom is -0.497 e. The fraction of sp³-hybridized carbons (Fsp3) is 0.214. The maximum absolute atomic E-state index is 13.7. The molecule has 0 saturated carbocycles. The highest BCUT2D eigenvalue weighted by Crippen LogP contribution is 2.41. The van der Waals surface area contributed by atoms with Crippen LogP contribution in [0.4, 0.5) is 0 Å². The van der Waals surface area contributed by atoms with Gasteiger partial charge in [-0.15, -0.1) is 0 Å². The highest BCUT2D eigenvalue weighted by Gasteiger charge is 2.35. The Kier molecular flexibility index (Phi) is 5.91. The largest absolute Gasteiger partial charge is 0.497 e. The van der Waals surface area contributed by atoms with E-state index < -0.39 is 6.04 Å². The zero-order valence-corrected chi connectivity index (χ0v) is 19.8. The molecule has 3 aromatic carbocycles. The van der Waals surface area contributed by atoms with E-state index in [1.54, 1.807) is 44.4 Å². The summed E-state index contributed by atoms with van der Waals surface area (Å²) in [6, 6.07) is 19.7. The first-order chi connectivity index (χ1) is 17.0. The molecule has 1 aliphatic rings. The standard InChI is InChI=1S/C28H26N2O5/c1-33-20-9-10-23-19(13-20)14-22(27(31)29-23)26-21-16-25(35-3)24(34-2)15-18(21)11-12-30(26)28(32)17-7-5-4-6-8-17/h4-10,13-16,26H,11-12H2,1-3H3,(H,29,31)/t26-/m0/s1. The number of pyridine rings is 1. The Morgan fingerprint density at radius 1 is 0.886 bits per heavy atom. The van der Waals surface area contributed by atoms with Crippen LogP contribution < -0.4 is 19.8 Å². The summed E-state index contributed by atoms with van der Waals surface area (Å²) in [6.07, 6.45) is 0.629. The molecular formula is C28H26N2O5. The number of benzene rings is 3. The molecule has 35 heavy (non-hydrogen) atoms. The summed E-state index contributed by atoms with van der Waals surface area (Å²) in [5.41, 5.74) is 3.34. The Morgan fingerprint density at radius 3 is 2.34 bits per heavy atom. The van der Waals surface area contributed by atoms with Gasteiger partial charge in [0.05, 0.1) is 27.4 Å². The van der Waals surface area contributed by atoms with Gasteiger partial charge in [-0.3, -0.25) is 9.59 Å². The Morgan fingerprint density at radius 2 is 1.63 bits per heavy atom. The van der Waals surface area contributed by atoms with Crippen molar-refractivity contribution in [3.8, 4) is 17.2 Å². The number of fused-ring (bicyclic) bond motifs is 2. The van der Waals surface area contributed by atoms with Crippen LogP contribution in [0.2, 0.25) is 0 Å². The number of aromatic amines is 1. The fourth-order valence-corrected chi connectivity index (χ4v) is 4.78. The van der Waals surface area contributed by atoms with Crippen LogP contribution in [0.25, 0.3) is 10.9 Å². The normalized spacial score (nSPS) is 14.9. The molecule has 1 aromatic heterocycles. The predicted molar refractivity (Wildman–Crippen MR) is 134 cm³/mol. The quantitative estimate of drug-likeness (QED) is 0.469. The van der Waals surface area contributed by atoms with E-state index in [0.29, 0.717) is 46.9 Å². The maximum Gasteiger partial charge on any atom is 0.254 e. The molecule has 7 heteroatoms. The van der Waals surface area contributed by atoms with Crippen LogP contribution >= 0.6 is 0 Å². The molecule has 1 amide bonds. The minimum absolute atomic E-state index is 0.138. The van der Waals surface area contributed by atoms with Gasteiger partial charge >= 0.3 is 0 Å². The molecule has 2 heterocycles. The number of amides is 1. The zero-order chi connectivity index (χ0) is 24.5. The number of nitrogens with one attached hydrogen (secondary N) is 1. The van der Waals surface area contributed by atoms with E-state index in [1.807, 2.05) is 48.5 Å². The molecular weight excluding hydrogens is 444 g/mol. The number of hydrogen-bond acceptors (Lipinski definition) is 5. The molecule has 1 N–H and O–H groups in total. The number of carbonyl (C=O) groups is 1. The second kappa shape index (κ2) is 9.18. The van der Waals surface area contributed by atoms with Gasteiger partial charge in [-0.05, 0) is 66.1 Å². The first kappa shape index (κ1) is 22.5. The zero-order valence-electron chi connectivity index (χ0n) is 19.8. The van der Waals surface area contributed by atoms with Gasteiger partial charge in [0, 0.05) is 28.6 Å². The van der Waals surface area contributed by atoms with Crippen LogP contribution in [-0.2, 0) is 6.42 Å². The Bertz CT molecular complexity index is 1460. The van der Waals surface area contributed by atoms with Crippen molar-refractivity contribution >= 4 is 16.8 Å². The molecule has 4 aromatic rings. The number of hydrogen-bond donors (Lipinski definition) is 1. The predicted octanol–water partition coefficient (Wildman–Crippen LogP) is 4.34. The van der Waals surface area contributed by atoms with Crippen LogP contribution in [0.3, 0.4) is 0 Å². The summed E-state index contributed by atoms with van der Waals surface area (Å²) in [5.74, 6) is 1.71. The summed E-state index contributed by atoms with van der Waals surface area (Å²) >= 11 is 0. The number of ether oxygens (including phenoxy) is 3. The molecule has 7 nitrogen and oxygen atoms in total. The van der Waals surface area contributed by atoms with Gasteiger partial charge < -0.3 is 24.1 Å². The number of carbonyl (C=O) groups excluding carboxylic acids is 1. The monoisotopic (exact) mass is 470 g/mol. The number of nitrogens with zero attached hydrogens (tertiary/aromatic N) is 1. The van der Waals surface area contributed by atoms with E-state index >= 15 is 0 Å². The summed E-state index contributed by atoms with van der Waals surface area (Å²) in [4.78, 5) is 31.8. The van der Waals surface area contributed by atoms with Crippen molar-refractivity contribution in [2.75, 3.05) is 27.9 Å². The number of methoxy groups -OCH3 is 3. The summed E-state index contributed by atoms with van der Waals surface area (Å²) in [5, 5.41) is 0.818. The average Bonchev–Trinajstić information content (AvgIpc) is 2.91. The van der Waals surface area contributed by atoms with E-state index in [4.69, 9.17) is 14.2 Å². The topological polar surface area (TPSA) is 80.9 Å². The smallest absolute Gasteiger partial charge is 0.254 e. The van der Waals surface area contributed by atoms with Gasteiger partial charge in [-0.1, -0.05) is 18.2 Å². The van der Waals surface area contributed by atoms with Crippen molar-refractivity contribution in [2.24, 2.45) is 0 Å². The van der Waals surface area contributed by atoms with E-state index in [1.165, 1.54) is 0 Å². The van der Waals surface area contributed by atoms with E-state index in [2.05, 4.69) is 4.98 Å². The third kappa shape index (κ3) is 3.99. The highest BCUT2D eigenvalue weighted by molar-refractivity contribution is 5.95. The van der Waals surface area contributed by atoms with Gasteiger partial charge in [0.25, 0.3) is 11.5 Å². The molecule has 0 unspecified atom stereocenters. The fourth-order valence-electron chi connectivity index (χ4n) is 4.78. The molecule has 178 valence electrons. The lowest BCUT2D eigenvalue weighted by Gasteiger charge is -2.38. The lowest BCUT2D eigenvalue weighted by Crippen LogP contribution is -2.42. The summed E-state index contributed by atoms with van der Waals surface area (Å²) < 4.78 is 16.5. The van der Waals surface area contributed by atoms with Crippen molar-refractivity contribution < 1.29 is 19.0 Å². The number of rotatable bonds is 5. The summed E-state index contributed by atoms with van der Waals surface area (Å²) in [6.45, 7) is 0.455. The molecule has 0 aliphatic carbocycles. The van der Waals surface area contributed by atoms with Gasteiger partial charge in [0.1, 0.15) is 5.75 Å². The lowest BCUT2D eigenvalue weighted by atomic mass is 9.87. The van der Waals surface area contributed by atoms with Crippen molar-refractivity contribution in [1.82, 2.24) is 9.88 Å². The second-order valence-corrected chi connectivity index (χ2v) is 8.43. The van der Waals surface area contributed by atoms with Crippen LogP contribution in [0.1, 0.15) is 33.1 Å². The van der Waals surface area contributed by atoms with Gasteiger partial charge in [-0.2, -0.15) is 0 Å².